The van der Waals surface area contributed by atoms with Crippen LogP contribution in [0, 0.1) is 5.92 Å². The number of Topliss-reactive ketones (excluding diaryl/α,β-unsaturated/α-hetero) is 1. The van der Waals surface area contributed by atoms with Gasteiger partial charge in [-0.3, -0.25) is 9.59 Å². The molecule has 2 N–H and O–H groups in total. The molecule has 0 unspecified atom stereocenters. The molecular formula is C16H23NO3. The lowest BCUT2D eigenvalue weighted by molar-refractivity contribution is -0.142. The number of hydrogen-bond donors (Lipinski definition) is 1. The van der Waals surface area contributed by atoms with Crippen LogP contribution >= 0.6 is 0 Å². The van der Waals surface area contributed by atoms with Gasteiger partial charge in [0.05, 0.1) is 6.04 Å². The van der Waals surface area contributed by atoms with E-state index in [1.165, 1.54) is 6.92 Å². The molecule has 0 aliphatic heterocycles. The maximum atomic E-state index is 12.0. The fourth-order valence-electron chi connectivity index (χ4n) is 1.91. The SMILES string of the molecule is CC(=O)OCc1ccc(CC(=O)[C@@H](N)CC(C)C)cc1. The van der Waals surface area contributed by atoms with Crippen LogP contribution in [0.2, 0.25) is 0 Å². The molecule has 1 rings (SSSR count). The van der Waals surface area contributed by atoms with Crippen molar-refractivity contribution in [1.29, 1.82) is 0 Å². The minimum absolute atomic E-state index is 0.0615. The molecule has 0 aromatic heterocycles. The van der Waals surface area contributed by atoms with Crippen molar-refractivity contribution in [2.75, 3.05) is 0 Å². The molecule has 0 heterocycles. The van der Waals surface area contributed by atoms with Gasteiger partial charge in [0.1, 0.15) is 6.61 Å². The van der Waals surface area contributed by atoms with E-state index < -0.39 is 6.04 Å². The second-order valence-electron chi connectivity index (χ2n) is 5.48. The van der Waals surface area contributed by atoms with Crippen molar-refractivity contribution in [3.63, 3.8) is 0 Å². The Hall–Kier alpha value is -1.68. The highest BCUT2D eigenvalue weighted by Crippen LogP contribution is 2.10. The monoisotopic (exact) mass is 277 g/mol. The first-order valence-electron chi connectivity index (χ1n) is 6.88. The Bertz CT molecular complexity index is 451. The summed E-state index contributed by atoms with van der Waals surface area (Å²) in [5.74, 6) is 0.176. The molecule has 1 aromatic carbocycles. The molecule has 0 radical (unpaired) electrons. The molecule has 0 spiro atoms. The van der Waals surface area contributed by atoms with Gasteiger partial charge < -0.3 is 10.5 Å². The van der Waals surface area contributed by atoms with Gasteiger partial charge in [-0.2, -0.15) is 0 Å². The number of ether oxygens (including phenoxy) is 1. The van der Waals surface area contributed by atoms with Gasteiger partial charge >= 0.3 is 5.97 Å². The summed E-state index contributed by atoms with van der Waals surface area (Å²) < 4.78 is 4.90. The molecule has 0 fully saturated rings. The topological polar surface area (TPSA) is 69.4 Å². The molecule has 1 atom stereocenters. The summed E-state index contributed by atoms with van der Waals surface area (Å²) in [6.07, 6.45) is 1.06. The molecule has 4 heteroatoms. The van der Waals surface area contributed by atoms with Crippen LogP contribution in [0.5, 0.6) is 0 Å². The number of rotatable bonds is 7. The molecule has 0 saturated heterocycles. The minimum Gasteiger partial charge on any atom is -0.461 e. The number of hydrogen-bond acceptors (Lipinski definition) is 4. The highest BCUT2D eigenvalue weighted by molar-refractivity contribution is 5.85. The zero-order valence-corrected chi connectivity index (χ0v) is 12.4. The van der Waals surface area contributed by atoms with Gasteiger partial charge in [0.15, 0.2) is 5.78 Å². The van der Waals surface area contributed by atoms with Crippen molar-refractivity contribution in [3.05, 3.63) is 35.4 Å². The second-order valence-corrected chi connectivity index (χ2v) is 5.48. The smallest absolute Gasteiger partial charge is 0.302 e. The van der Waals surface area contributed by atoms with Gasteiger partial charge in [-0.1, -0.05) is 38.1 Å². The summed E-state index contributed by atoms with van der Waals surface area (Å²) >= 11 is 0. The average Bonchev–Trinajstić information content (AvgIpc) is 2.37. The summed E-state index contributed by atoms with van der Waals surface area (Å²) in [7, 11) is 0. The first-order chi connectivity index (χ1) is 9.38. The molecule has 0 bridgehead atoms. The Morgan fingerprint density at radius 2 is 1.70 bits per heavy atom. The first kappa shape index (κ1) is 16.4. The third kappa shape index (κ3) is 5.97. The fraction of sp³-hybridized carbons (Fsp3) is 0.500. The van der Waals surface area contributed by atoms with Crippen molar-refractivity contribution < 1.29 is 14.3 Å². The highest BCUT2D eigenvalue weighted by atomic mass is 16.5. The fourth-order valence-corrected chi connectivity index (χ4v) is 1.91. The van der Waals surface area contributed by atoms with Crippen molar-refractivity contribution in [3.8, 4) is 0 Å². The Kier molecular flexibility index (Phi) is 6.39. The largest absolute Gasteiger partial charge is 0.461 e. The second kappa shape index (κ2) is 7.80. The zero-order valence-electron chi connectivity index (χ0n) is 12.4. The van der Waals surface area contributed by atoms with E-state index in [0.717, 1.165) is 11.1 Å². The molecule has 4 nitrogen and oxygen atoms in total. The van der Waals surface area contributed by atoms with Crippen LogP contribution in [0.15, 0.2) is 24.3 Å². The van der Waals surface area contributed by atoms with Crippen LogP contribution in [0.1, 0.15) is 38.3 Å². The Balaban J connectivity index is 2.52. The molecule has 20 heavy (non-hydrogen) atoms. The Labute approximate surface area is 120 Å². The maximum Gasteiger partial charge on any atom is 0.302 e. The number of esters is 1. The van der Waals surface area contributed by atoms with Crippen molar-refractivity contribution >= 4 is 11.8 Å². The molecule has 0 aliphatic carbocycles. The van der Waals surface area contributed by atoms with Gasteiger partial charge in [0, 0.05) is 13.3 Å². The summed E-state index contributed by atoms with van der Waals surface area (Å²) in [5.41, 5.74) is 7.71. The lowest BCUT2D eigenvalue weighted by Gasteiger charge is -2.13. The van der Waals surface area contributed by atoms with E-state index in [4.69, 9.17) is 10.5 Å². The third-order valence-electron chi connectivity index (χ3n) is 2.98. The van der Waals surface area contributed by atoms with E-state index in [9.17, 15) is 9.59 Å². The number of benzene rings is 1. The van der Waals surface area contributed by atoms with Gasteiger partial charge in [-0.15, -0.1) is 0 Å². The van der Waals surface area contributed by atoms with Crippen LogP contribution < -0.4 is 5.73 Å². The van der Waals surface area contributed by atoms with E-state index >= 15 is 0 Å². The summed E-state index contributed by atoms with van der Waals surface area (Å²) in [6, 6.07) is 7.08. The van der Waals surface area contributed by atoms with Crippen LogP contribution in [0.3, 0.4) is 0 Å². The van der Waals surface area contributed by atoms with E-state index in [2.05, 4.69) is 13.8 Å². The van der Waals surface area contributed by atoms with Crippen molar-refractivity contribution in [2.45, 2.75) is 46.3 Å². The first-order valence-corrected chi connectivity index (χ1v) is 6.88. The lowest BCUT2D eigenvalue weighted by Crippen LogP contribution is -2.33. The Morgan fingerprint density at radius 1 is 1.15 bits per heavy atom. The molecular weight excluding hydrogens is 254 g/mol. The maximum absolute atomic E-state index is 12.0. The molecule has 0 saturated carbocycles. The summed E-state index contributed by atoms with van der Waals surface area (Å²) in [6.45, 7) is 5.74. The normalized spacial score (nSPS) is 12.2. The van der Waals surface area contributed by atoms with E-state index in [1.54, 1.807) is 0 Å². The predicted octanol–water partition coefficient (Wildman–Crippen LogP) is 2.23. The van der Waals surface area contributed by atoms with Gasteiger partial charge in [-0.25, -0.2) is 0 Å². The number of carbonyl (C=O) groups is 2. The Morgan fingerprint density at radius 3 is 2.20 bits per heavy atom. The van der Waals surface area contributed by atoms with Gasteiger partial charge in [-0.05, 0) is 23.5 Å². The minimum atomic E-state index is -0.393. The number of carbonyl (C=O) groups excluding carboxylic acids is 2. The standard InChI is InChI=1S/C16H23NO3/c1-11(2)8-15(17)16(19)9-13-4-6-14(7-5-13)10-20-12(3)18/h4-7,11,15H,8-10,17H2,1-3H3/t15-/m0/s1. The van der Waals surface area contributed by atoms with Crippen molar-refractivity contribution in [1.82, 2.24) is 0 Å². The van der Waals surface area contributed by atoms with Crippen LogP contribution in [0.25, 0.3) is 0 Å². The quantitative estimate of drug-likeness (QED) is 0.776. The van der Waals surface area contributed by atoms with Crippen LogP contribution in [-0.2, 0) is 27.4 Å². The molecule has 0 aliphatic rings. The van der Waals surface area contributed by atoms with E-state index in [1.807, 2.05) is 24.3 Å². The van der Waals surface area contributed by atoms with Crippen LogP contribution in [0.4, 0.5) is 0 Å². The lowest BCUT2D eigenvalue weighted by atomic mass is 9.97. The number of ketones is 1. The van der Waals surface area contributed by atoms with E-state index in [-0.39, 0.29) is 18.4 Å². The molecule has 0 amide bonds. The van der Waals surface area contributed by atoms with E-state index in [0.29, 0.717) is 18.8 Å². The summed E-state index contributed by atoms with van der Waals surface area (Å²) in [5, 5.41) is 0. The van der Waals surface area contributed by atoms with Crippen molar-refractivity contribution in [2.24, 2.45) is 11.7 Å². The van der Waals surface area contributed by atoms with Gasteiger partial charge in [0.2, 0.25) is 0 Å². The molecule has 1 aromatic rings. The summed E-state index contributed by atoms with van der Waals surface area (Å²) in [4.78, 5) is 22.7. The highest BCUT2D eigenvalue weighted by Gasteiger charge is 2.15. The average molecular weight is 277 g/mol. The third-order valence-corrected chi connectivity index (χ3v) is 2.98. The zero-order chi connectivity index (χ0) is 15.1. The molecule has 110 valence electrons. The van der Waals surface area contributed by atoms with Gasteiger partial charge in [0.25, 0.3) is 0 Å². The predicted molar refractivity (Wildman–Crippen MR) is 78.1 cm³/mol. The number of nitrogens with two attached hydrogens (primary N) is 1. The van der Waals surface area contributed by atoms with Crippen LogP contribution in [-0.4, -0.2) is 17.8 Å².